The molecule has 0 saturated carbocycles. The molecule has 1 nitrogen and oxygen atoms in total. The predicted molar refractivity (Wildman–Crippen MR) is 46.9 cm³/mol. The molecule has 0 saturated heterocycles. The van der Waals surface area contributed by atoms with Gasteiger partial charge in [-0.25, -0.2) is 0 Å². The van der Waals surface area contributed by atoms with Crippen molar-refractivity contribution in [2.24, 2.45) is 0 Å². The minimum absolute atomic E-state index is 0.0331. The zero-order valence-corrected chi connectivity index (χ0v) is 7.26. The van der Waals surface area contributed by atoms with Crippen molar-refractivity contribution >= 4 is 5.69 Å². The summed E-state index contributed by atoms with van der Waals surface area (Å²) >= 11 is 0. The Labute approximate surface area is 68.2 Å². The van der Waals surface area contributed by atoms with Crippen molar-refractivity contribution in [2.45, 2.75) is 26.2 Å². The summed E-state index contributed by atoms with van der Waals surface area (Å²) in [6, 6.07) is 7.46. The molecule has 0 aliphatic carbocycles. The van der Waals surface area contributed by atoms with E-state index in [0.29, 0.717) is 5.69 Å². The predicted octanol–water partition coefficient (Wildman–Crippen LogP) is 2.68. The van der Waals surface area contributed by atoms with Gasteiger partial charge < -0.3 is 0 Å². The Morgan fingerprint density at radius 2 is 1.64 bits per heavy atom. The van der Waals surface area contributed by atoms with E-state index in [9.17, 15) is 5.73 Å². The summed E-state index contributed by atoms with van der Waals surface area (Å²) < 4.78 is 0. The molecular formula is C10H13N. The summed E-state index contributed by atoms with van der Waals surface area (Å²) in [5.74, 6) is 0. The van der Waals surface area contributed by atoms with E-state index in [1.165, 1.54) is 0 Å². The third-order valence-corrected chi connectivity index (χ3v) is 1.71. The fourth-order valence-corrected chi connectivity index (χ4v) is 1.11. The van der Waals surface area contributed by atoms with Crippen LogP contribution in [-0.2, 0) is 5.41 Å². The zero-order chi connectivity index (χ0) is 8.48. The number of nitrogens with zero attached hydrogens (tertiary/aromatic N) is 1. The molecule has 0 amide bonds. The lowest BCUT2D eigenvalue weighted by Crippen LogP contribution is -2.11. The fourth-order valence-electron chi connectivity index (χ4n) is 1.11. The highest BCUT2D eigenvalue weighted by Crippen LogP contribution is 2.27. The van der Waals surface area contributed by atoms with Crippen LogP contribution in [-0.4, -0.2) is 0 Å². The summed E-state index contributed by atoms with van der Waals surface area (Å²) in [6.45, 7) is 6.26. The molecule has 0 heterocycles. The van der Waals surface area contributed by atoms with Crippen LogP contribution < -0.4 is 5.73 Å². The van der Waals surface area contributed by atoms with E-state index in [4.69, 9.17) is 0 Å². The molecule has 0 aliphatic rings. The number of rotatable bonds is 0. The SMILES string of the molecule is CC(C)(C)c1ccccc1[N]. The smallest absolute Gasteiger partial charge is 0.0894 e. The van der Waals surface area contributed by atoms with Gasteiger partial charge in [-0.15, -0.1) is 0 Å². The van der Waals surface area contributed by atoms with Crippen LogP contribution in [0.5, 0.6) is 0 Å². The van der Waals surface area contributed by atoms with Gasteiger partial charge in [0.2, 0.25) is 0 Å². The highest BCUT2D eigenvalue weighted by atomic mass is 14.6. The maximum absolute atomic E-state index is 9.45. The second kappa shape index (κ2) is 2.57. The van der Waals surface area contributed by atoms with Crippen LogP contribution in [0, 0.1) is 0 Å². The van der Waals surface area contributed by atoms with Gasteiger partial charge in [0.05, 0.1) is 5.69 Å². The van der Waals surface area contributed by atoms with Crippen LogP contribution in [0.2, 0.25) is 0 Å². The van der Waals surface area contributed by atoms with Crippen LogP contribution in [0.25, 0.3) is 0 Å². The third-order valence-electron chi connectivity index (χ3n) is 1.71. The molecule has 1 aromatic rings. The topological polar surface area (TPSA) is 22.3 Å². The molecule has 1 aromatic carbocycles. The van der Waals surface area contributed by atoms with E-state index in [1.807, 2.05) is 18.2 Å². The Bertz CT molecular complexity index is 245. The van der Waals surface area contributed by atoms with Gasteiger partial charge in [-0.1, -0.05) is 39.0 Å². The van der Waals surface area contributed by atoms with Crippen LogP contribution in [0.1, 0.15) is 26.3 Å². The van der Waals surface area contributed by atoms with Crippen molar-refractivity contribution in [3.05, 3.63) is 29.8 Å². The molecule has 0 aromatic heterocycles. The van der Waals surface area contributed by atoms with Crippen molar-refractivity contribution in [1.82, 2.24) is 5.73 Å². The van der Waals surface area contributed by atoms with Crippen molar-refractivity contribution in [3.63, 3.8) is 0 Å². The first-order valence-corrected chi connectivity index (χ1v) is 3.80. The molecule has 0 aliphatic heterocycles. The highest BCUT2D eigenvalue weighted by molar-refractivity contribution is 5.46. The van der Waals surface area contributed by atoms with Gasteiger partial charge in [0, 0.05) is 0 Å². The van der Waals surface area contributed by atoms with Crippen LogP contribution >= 0.6 is 0 Å². The first-order chi connectivity index (χ1) is 5.02. The number of hydrogen-bond donors (Lipinski definition) is 0. The first kappa shape index (κ1) is 8.12. The van der Waals surface area contributed by atoms with Crippen LogP contribution in [0.3, 0.4) is 0 Å². The Morgan fingerprint density at radius 1 is 1.09 bits per heavy atom. The average molecular weight is 147 g/mol. The number of benzene rings is 1. The summed E-state index contributed by atoms with van der Waals surface area (Å²) in [5.41, 5.74) is 10.9. The molecule has 1 heteroatoms. The van der Waals surface area contributed by atoms with Gasteiger partial charge in [-0.2, -0.15) is 5.73 Å². The molecule has 1 rings (SSSR count). The van der Waals surface area contributed by atoms with Gasteiger partial charge in [0.15, 0.2) is 0 Å². The van der Waals surface area contributed by atoms with Crippen molar-refractivity contribution in [2.75, 3.05) is 0 Å². The molecule has 58 valence electrons. The Kier molecular flexibility index (Phi) is 1.90. The zero-order valence-electron chi connectivity index (χ0n) is 7.26. The molecular weight excluding hydrogens is 134 g/mol. The lowest BCUT2D eigenvalue weighted by molar-refractivity contribution is 0.591. The normalized spacial score (nSPS) is 11.5. The second-order valence-corrected chi connectivity index (χ2v) is 3.77. The maximum Gasteiger partial charge on any atom is 0.0894 e. The first-order valence-electron chi connectivity index (χ1n) is 3.80. The quantitative estimate of drug-likeness (QED) is 0.538. The van der Waals surface area contributed by atoms with Crippen molar-refractivity contribution in [1.29, 1.82) is 0 Å². The highest BCUT2D eigenvalue weighted by Gasteiger charge is 2.16. The largest absolute Gasteiger partial charge is 0.150 e. The van der Waals surface area contributed by atoms with Gasteiger partial charge in [0.1, 0.15) is 0 Å². The molecule has 0 fully saturated rings. The third kappa shape index (κ3) is 1.73. The lowest BCUT2D eigenvalue weighted by Gasteiger charge is -2.19. The van der Waals surface area contributed by atoms with Crippen LogP contribution in [0.15, 0.2) is 24.3 Å². The van der Waals surface area contributed by atoms with Gasteiger partial charge >= 0.3 is 0 Å². The van der Waals surface area contributed by atoms with E-state index in [1.54, 1.807) is 6.07 Å². The van der Waals surface area contributed by atoms with E-state index < -0.39 is 0 Å². The van der Waals surface area contributed by atoms with Gasteiger partial charge in [-0.3, -0.25) is 0 Å². The Morgan fingerprint density at radius 3 is 2.00 bits per heavy atom. The Hall–Kier alpha value is -0.980. The minimum atomic E-state index is 0.0331. The maximum atomic E-state index is 9.45. The monoisotopic (exact) mass is 147 g/mol. The van der Waals surface area contributed by atoms with E-state index in [-0.39, 0.29) is 5.41 Å². The number of hydrogen-bond acceptors (Lipinski definition) is 0. The molecule has 0 bridgehead atoms. The van der Waals surface area contributed by atoms with E-state index in [0.717, 1.165) is 5.56 Å². The summed E-state index contributed by atoms with van der Waals surface area (Å²) in [7, 11) is 0. The average Bonchev–Trinajstić information content (AvgIpc) is 1.86. The molecule has 0 atom stereocenters. The van der Waals surface area contributed by atoms with Gasteiger partial charge in [0.25, 0.3) is 0 Å². The molecule has 0 spiro atoms. The summed E-state index contributed by atoms with van der Waals surface area (Å²) in [5, 5.41) is 0. The molecule has 0 unspecified atom stereocenters. The van der Waals surface area contributed by atoms with Crippen molar-refractivity contribution in [3.8, 4) is 0 Å². The lowest BCUT2D eigenvalue weighted by atomic mass is 9.86. The fraction of sp³-hybridized carbons (Fsp3) is 0.400. The van der Waals surface area contributed by atoms with Crippen LogP contribution in [0.4, 0.5) is 5.69 Å². The summed E-state index contributed by atoms with van der Waals surface area (Å²) in [4.78, 5) is 0. The van der Waals surface area contributed by atoms with Crippen molar-refractivity contribution < 1.29 is 0 Å². The Balaban J connectivity index is 3.14. The van der Waals surface area contributed by atoms with Gasteiger partial charge in [-0.05, 0) is 17.0 Å². The van der Waals surface area contributed by atoms with E-state index in [2.05, 4.69) is 20.8 Å². The second-order valence-electron chi connectivity index (χ2n) is 3.77. The molecule has 2 radical (unpaired) electrons. The standard InChI is InChI=1S/C10H13N/c1-10(2,3)8-6-4-5-7-9(8)11/h4-7H,1-3H3. The molecule has 0 N–H and O–H groups in total. The minimum Gasteiger partial charge on any atom is -0.150 e. The summed E-state index contributed by atoms with van der Waals surface area (Å²) in [6.07, 6.45) is 0. The van der Waals surface area contributed by atoms with E-state index >= 15 is 0 Å². The molecule has 11 heavy (non-hydrogen) atoms.